The Hall–Kier alpha value is -3.25. The largest absolute Gasteiger partial charge is 0.486 e. The van der Waals surface area contributed by atoms with E-state index in [0.717, 1.165) is 11.3 Å². The first-order chi connectivity index (χ1) is 13.2. The van der Waals surface area contributed by atoms with Crippen molar-refractivity contribution in [3.63, 3.8) is 0 Å². The first-order valence-electron chi connectivity index (χ1n) is 8.36. The van der Waals surface area contributed by atoms with Gasteiger partial charge in [-0.05, 0) is 35.9 Å². The van der Waals surface area contributed by atoms with Gasteiger partial charge in [-0.2, -0.15) is 0 Å². The maximum absolute atomic E-state index is 12.4. The fraction of sp³-hybridized carbons (Fsp3) is 0.100. The number of rotatable bonds is 4. The molecule has 0 bridgehead atoms. The van der Waals surface area contributed by atoms with Crippen LogP contribution in [0.3, 0.4) is 0 Å². The molecule has 2 aromatic carbocycles. The monoisotopic (exact) mass is 381 g/mol. The number of halogens is 1. The van der Waals surface area contributed by atoms with E-state index in [0.29, 0.717) is 35.4 Å². The van der Waals surface area contributed by atoms with E-state index >= 15 is 0 Å². The Bertz CT molecular complexity index is 1000. The number of fused-ring (bicyclic) bond motifs is 1. The van der Waals surface area contributed by atoms with Crippen molar-refractivity contribution >= 4 is 29.3 Å². The molecule has 0 atom stereocenters. The molecular formula is C20H16ClN3O3. The third-order valence-electron chi connectivity index (χ3n) is 3.99. The number of imidazole rings is 1. The Balaban J connectivity index is 1.52. The molecule has 0 saturated carbocycles. The maximum atomic E-state index is 12.4. The first kappa shape index (κ1) is 17.2. The number of para-hydroxylation sites is 2. The number of anilines is 1. The van der Waals surface area contributed by atoms with Crippen molar-refractivity contribution in [3.05, 3.63) is 71.8 Å². The third-order valence-corrected chi connectivity index (χ3v) is 4.27. The highest BCUT2D eigenvalue weighted by Crippen LogP contribution is 2.38. The van der Waals surface area contributed by atoms with Gasteiger partial charge in [-0.1, -0.05) is 23.7 Å². The minimum atomic E-state index is -0.256. The van der Waals surface area contributed by atoms with Crippen LogP contribution >= 0.6 is 11.6 Å². The Morgan fingerprint density at radius 3 is 2.93 bits per heavy atom. The van der Waals surface area contributed by atoms with Crippen molar-refractivity contribution in [2.75, 3.05) is 18.5 Å². The summed E-state index contributed by atoms with van der Waals surface area (Å²) in [4.78, 5) is 16.4. The average Bonchev–Trinajstić information content (AvgIpc) is 3.21. The molecule has 3 aromatic rings. The van der Waals surface area contributed by atoms with Gasteiger partial charge in [-0.25, -0.2) is 4.98 Å². The Labute approximate surface area is 161 Å². The van der Waals surface area contributed by atoms with Gasteiger partial charge in [0.2, 0.25) is 5.91 Å². The van der Waals surface area contributed by atoms with Crippen LogP contribution in [0.4, 0.5) is 5.69 Å². The lowest BCUT2D eigenvalue weighted by Gasteiger charge is -2.19. The van der Waals surface area contributed by atoms with Crippen LogP contribution in [-0.2, 0) is 4.79 Å². The molecule has 136 valence electrons. The summed E-state index contributed by atoms with van der Waals surface area (Å²) in [6.07, 6.45) is 8.31. The van der Waals surface area contributed by atoms with Crippen LogP contribution in [0.25, 0.3) is 11.8 Å². The smallest absolute Gasteiger partial charge is 0.248 e. The van der Waals surface area contributed by atoms with Crippen LogP contribution in [0.15, 0.2) is 61.2 Å². The van der Waals surface area contributed by atoms with Gasteiger partial charge in [-0.15, -0.1) is 0 Å². The van der Waals surface area contributed by atoms with E-state index in [1.54, 1.807) is 30.7 Å². The van der Waals surface area contributed by atoms with Crippen molar-refractivity contribution in [2.24, 2.45) is 0 Å². The Kier molecular flexibility index (Phi) is 4.80. The molecule has 0 radical (unpaired) electrons. The predicted octanol–water partition coefficient (Wildman–Crippen LogP) is 3.95. The summed E-state index contributed by atoms with van der Waals surface area (Å²) >= 11 is 6.22. The highest BCUT2D eigenvalue weighted by atomic mass is 35.5. The molecule has 4 rings (SSSR count). The number of carbonyl (C=O) groups is 1. The zero-order valence-corrected chi connectivity index (χ0v) is 15.0. The van der Waals surface area contributed by atoms with E-state index in [1.807, 2.05) is 35.0 Å². The molecule has 1 aliphatic heterocycles. The van der Waals surface area contributed by atoms with E-state index in [2.05, 4.69) is 10.3 Å². The summed E-state index contributed by atoms with van der Waals surface area (Å²) in [5.74, 6) is 0.867. The predicted molar refractivity (Wildman–Crippen MR) is 104 cm³/mol. The minimum absolute atomic E-state index is 0.256. The lowest BCUT2D eigenvalue weighted by atomic mass is 10.1. The number of ether oxygens (including phenoxy) is 2. The maximum Gasteiger partial charge on any atom is 0.248 e. The van der Waals surface area contributed by atoms with E-state index in [-0.39, 0.29) is 5.91 Å². The Morgan fingerprint density at radius 1 is 1.22 bits per heavy atom. The summed E-state index contributed by atoms with van der Waals surface area (Å²) < 4.78 is 12.9. The van der Waals surface area contributed by atoms with E-state index in [1.165, 1.54) is 6.08 Å². The minimum Gasteiger partial charge on any atom is -0.486 e. The average molecular weight is 382 g/mol. The molecular weight excluding hydrogens is 366 g/mol. The van der Waals surface area contributed by atoms with Gasteiger partial charge >= 0.3 is 0 Å². The topological polar surface area (TPSA) is 65.4 Å². The molecule has 1 aromatic heterocycles. The second-order valence-electron chi connectivity index (χ2n) is 5.84. The highest BCUT2D eigenvalue weighted by Gasteiger charge is 2.16. The zero-order valence-electron chi connectivity index (χ0n) is 14.3. The van der Waals surface area contributed by atoms with Crippen molar-refractivity contribution in [2.45, 2.75) is 0 Å². The lowest BCUT2D eigenvalue weighted by molar-refractivity contribution is -0.111. The molecule has 6 nitrogen and oxygen atoms in total. The van der Waals surface area contributed by atoms with Gasteiger partial charge in [0, 0.05) is 18.5 Å². The van der Waals surface area contributed by atoms with E-state index < -0.39 is 0 Å². The molecule has 1 aliphatic rings. The highest BCUT2D eigenvalue weighted by molar-refractivity contribution is 6.32. The molecule has 0 saturated heterocycles. The normalized spacial score (nSPS) is 12.9. The van der Waals surface area contributed by atoms with Crippen molar-refractivity contribution < 1.29 is 14.3 Å². The number of benzene rings is 2. The molecule has 1 amide bonds. The second kappa shape index (κ2) is 7.55. The lowest BCUT2D eigenvalue weighted by Crippen LogP contribution is -2.15. The molecule has 2 heterocycles. The van der Waals surface area contributed by atoms with Gasteiger partial charge < -0.3 is 19.4 Å². The Morgan fingerprint density at radius 2 is 2.07 bits per heavy atom. The molecule has 1 N–H and O–H groups in total. The van der Waals surface area contributed by atoms with Crippen LogP contribution in [0.1, 0.15) is 5.56 Å². The molecule has 0 aliphatic carbocycles. The number of nitrogens with one attached hydrogen (secondary N) is 1. The number of hydrogen-bond donors (Lipinski definition) is 1. The van der Waals surface area contributed by atoms with Crippen molar-refractivity contribution in [3.8, 4) is 17.2 Å². The quantitative estimate of drug-likeness (QED) is 0.695. The molecule has 7 heteroatoms. The summed E-state index contributed by atoms with van der Waals surface area (Å²) in [6, 6.07) is 11.0. The van der Waals surface area contributed by atoms with Gasteiger partial charge in [0.25, 0.3) is 0 Å². The van der Waals surface area contributed by atoms with Crippen molar-refractivity contribution in [1.82, 2.24) is 9.55 Å². The van der Waals surface area contributed by atoms with Gasteiger partial charge in [0.1, 0.15) is 13.2 Å². The van der Waals surface area contributed by atoms with E-state index in [4.69, 9.17) is 21.1 Å². The first-order valence-corrected chi connectivity index (χ1v) is 8.74. The zero-order chi connectivity index (χ0) is 18.6. The summed E-state index contributed by atoms with van der Waals surface area (Å²) in [6.45, 7) is 0.947. The molecule has 0 spiro atoms. The van der Waals surface area contributed by atoms with Gasteiger partial charge in [0.15, 0.2) is 11.5 Å². The standard InChI is InChI=1S/C20H16ClN3O3/c21-15-11-14(12-18-20(15)27-10-9-26-18)5-6-19(25)23-16-3-1-2-4-17(16)24-8-7-22-13-24/h1-8,11-13H,9-10H2,(H,23,25). The van der Waals surface area contributed by atoms with Crippen molar-refractivity contribution in [1.29, 1.82) is 0 Å². The number of hydrogen-bond acceptors (Lipinski definition) is 4. The number of amides is 1. The fourth-order valence-electron chi connectivity index (χ4n) is 2.78. The summed E-state index contributed by atoms with van der Waals surface area (Å²) in [5, 5.41) is 3.34. The summed E-state index contributed by atoms with van der Waals surface area (Å²) in [7, 11) is 0. The van der Waals surface area contributed by atoms with Crippen LogP contribution in [0, 0.1) is 0 Å². The second-order valence-corrected chi connectivity index (χ2v) is 6.24. The SMILES string of the molecule is O=C(C=Cc1cc(Cl)c2c(c1)OCCO2)Nc1ccccc1-n1ccnc1. The van der Waals surface area contributed by atoms with Crippen LogP contribution < -0.4 is 14.8 Å². The fourth-order valence-corrected chi connectivity index (χ4v) is 3.05. The van der Waals surface area contributed by atoms with Gasteiger partial charge in [0.05, 0.1) is 22.7 Å². The molecule has 0 fully saturated rings. The van der Waals surface area contributed by atoms with Crippen LogP contribution in [0.2, 0.25) is 5.02 Å². The number of aromatic nitrogens is 2. The van der Waals surface area contributed by atoms with E-state index in [9.17, 15) is 4.79 Å². The third kappa shape index (κ3) is 3.80. The van der Waals surface area contributed by atoms with Crippen LogP contribution in [0.5, 0.6) is 11.5 Å². The number of carbonyl (C=O) groups excluding carboxylic acids is 1. The number of nitrogens with zero attached hydrogens (tertiary/aromatic N) is 2. The summed E-state index contributed by atoms with van der Waals surface area (Å²) in [5.41, 5.74) is 2.27. The molecule has 27 heavy (non-hydrogen) atoms. The molecule has 0 unspecified atom stereocenters. The van der Waals surface area contributed by atoms with Gasteiger partial charge in [-0.3, -0.25) is 4.79 Å². The van der Waals surface area contributed by atoms with Crippen LogP contribution in [-0.4, -0.2) is 28.7 Å².